The molecule has 3 rings (SSSR count). The van der Waals surface area contributed by atoms with E-state index in [0.29, 0.717) is 6.54 Å². The fourth-order valence-corrected chi connectivity index (χ4v) is 2.19. The van der Waals surface area contributed by atoms with Gasteiger partial charge in [0.25, 0.3) is 0 Å². The van der Waals surface area contributed by atoms with Crippen molar-refractivity contribution in [2.45, 2.75) is 32.0 Å². The van der Waals surface area contributed by atoms with Gasteiger partial charge in [0.05, 0.1) is 6.10 Å². The Labute approximate surface area is 98.8 Å². The van der Waals surface area contributed by atoms with Crippen molar-refractivity contribution in [3.63, 3.8) is 0 Å². The number of nitrogens with zero attached hydrogens (tertiary/aromatic N) is 4. The van der Waals surface area contributed by atoms with E-state index >= 15 is 0 Å². The predicted molar refractivity (Wildman–Crippen MR) is 61.4 cm³/mol. The number of aromatic nitrogens is 4. The minimum Gasteiger partial charge on any atom is -0.366 e. The van der Waals surface area contributed by atoms with Crippen LogP contribution in [0.5, 0.6) is 0 Å². The first-order valence-electron chi connectivity index (χ1n) is 5.80. The van der Waals surface area contributed by atoms with Gasteiger partial charge in [0.2, 0.25) is 0 Å². The number of hydrogen-bond donors (Lipinski definition) is 1. The van der Waals surface area contributed by atoms with Gasteiger partial charge in [-0.25, -0.2) is 4.98 Å². The smallest absolute Gasteiger partial charge is 0.167 e. The highest BCUT2D eigenvalue weighted by Crippen LogP contribution is 2.31. The van der Waals surface area contributed by atoms with Gasteiger partial charge in [-0.15, -0.1) is 10.2 Å². The Hall–Kier alpha value is -1.53. The molecule has 1 aliphatic heterocycles. The molecule has 1 saturated heterocycles. The van der Waals surface area contributed by atoms with E-state index < -0.39 is 0 Å². The van der Waals surface area contributed by atoms with Gasteiger partial charge in [0, 0.05) is 18.3 Å². The first-order valence-corrected chi connectivity index (χ1v) is 5.80. The van der Waals surface area contributed by atoms with Crippen molar-refractivity contribution in [1.82, 2.24) is 19.6 Å². The summed E-state index contributed by atoms with van der Waals surface area (Å²) < 4.78 is 7.70. The number of ether oxygens (including phenoxy) is 1. The summed E-state index contributed by atoms with van der Waals surface area (Å²) >= 11 is 0. The predicted octanol–water partition coefficient (Wildman–Crippen LogP) is 0.612. The molecule has 1 aliphatic rings. The minimum absolute atomic E-state index is 0.0111. The third-order valence-electron chi connectivity index (χ3n) is 3.12. The summed E-state index contributed by atoms with van der Waals surface area (Å²) in [6.45, 7) is 2.50. The molecule has 2 aromatic rings. The Bertz CT molecular complexity index is 538. The molecular weight excluding hydrogens is 218 g/mol. The quantitative estimate of drug-likeness (QED) is 0.822. The van der Waals surface area contributed by atoms with E-state index in [1.807, 2.05) is 17.4 Å². The average Bonchev–Trinajstić information content (AvgIpc) is 2.93. The Morgan fingerprint density at radius 1 is 1.47 bits per heavy atom. The molecule has 0 amide bonds. The van der Waals surface area contributed by atoms with Crippen LogP contribution in [0.4, 0.5) is 0 Å². The normalized spacial score (nSPS) is 24.6. The fourth-order valence-electron chi connectivity index (χ4n) is 2.19. The van der Waals surface area contributed by atoms with Crippen LogP contribution in [0.3, 0.4) is 0 Å². The van der Waals surface area contributed by atoms with Crippen molar-refractivity contribution in [1.29, 1.82) is 0 Å². The van der Waals surface area contributed by atoms with Crippen molar-refractivity contribution in [3.8, 4) is 0 Å². The summed E-state index contributed by atoms with van der Waals surface area (Å²) in [5, 5.41) is 8.33. The molecule has 1 fully saturated rings. The zero-order valence-electron chi connectivity index (χ0n) is 9.71. The molecular formula is C11H15N5O. The Balaban J connectivity index is 1.96. The molecule has 3 heterocycles. The highest BCUT2D eigenvalue weighted by molar-refractivity contribution is 5.38. The number of aryl methyl sites for hydroxylation is 1. The maximum absolute atomic E-state index is 5.82. The van der Waals surface area contributed by atoms with E-state index in [9.17, 15) is 0 Å². The van der Waals surface area contributed by atoms with Gasteiger partial charge in [0.1, 0.15) is 12.4 Å². The lowest BCUT2D eigenvalue weighted by atomic mass is 10.2. The maximum atomic E-state index is 5.82. The number of nitrogens with two attached hydrogens (primary N) is 1. The number of hydrogen-bond acceptors (Lipinski definition) is 5. The Morgan fingerprint density at radius 3 is 3.12 bits per heavy atom. The molecule has 0 saturated carbocycles. The number of rotatable bonds is 2. The molecule has 0 aliphatic carbocycles. The molecule has 6 heteroatoms. The summed E-state index contributed by atoms with van der Waals surface area (Å²) in [7, 11) is 0. The second-order valence-corrected chi connectivity index (χ2v) is 4.38. The van der Waals surface area contributed by atoms with Gasteiger partial charge in [0.15, 0.2) is 11.5 Å². The van der Waals surface area contributed by atoms with Crippen molar-refractivity contribution in [3.05, 3.63) is 23.9 Å². The van der Waals surface area contributed by atoms with E-state index in [0.717, 1.165) is 30.0 Å². The molecule has 6 nitrogen and oxygen atoms in total. The molecule has 17 heavy (non-hydrogen) atoms. The summed E-state index contributed by atoms with van der Waals surface area (Å²) in [6.07, 6.45) is 3.80. The monoisotopic (exact) mass is 233 g/mol. The summed E-state index contributed by atoms with van der Waals surface area (Å²) in [4.78, 5) is 4.25. The van der Waals surface area contributed by atoms with Crippen LogP contribution >= 0.6 is 0 Å². The van der Waals surface area contributed by atoms with Crippen LogP contribution < -0.4 is 5.73 Å². The van der Waals surface area contributed by atoms with Crippen LogP contribution in [0.15, 0.2) is 12.4 Å². The molecule has 0 spiro atoms. The minimum atomic E-state index is -0.0111. The summed E-state index contributed by atoms with van der Waals surface area (Å²) in [5.74, 6) is 0.823. The Kier molecular flexibility index (Phi) is 2.53. The molecule has 2 atom stereocenters. The standard InChI is InChI=1S/C11H15N5O/c1-7-4-10-14-15-11(16(10)6-13-7)9-3-2-8(5-12)17-9/h4,6,8-9H,2-3,5,12H2,1H3. The Morgan fingerprint density at radius 2 is 2.35 bits per heavy atom. The van der Waals surface area contributed by atoms with Crippen LogP contribution in [-0.4, -0.2) is 32.2 Å². The van der Waals surface area contributed by atoms with E-state index in [1.165, 1.54) is 0 Å². The zero-order chi connectivity index (χ0) is 11.8. The van der Waals surface area contributed by atoms with Crippen LogP contribution in [0.2, 0.25) is 0 Å². The lowest BCUT2D eigenvalue weighted by Crippen LogP contribution is -2.19. The van der Waals surface area contributed by atoms with E-state index in [-0.39, 0.29) is 12.2 Å². The number of fused-ring (bicyclic) bond motifs is 1. The van der Waals surface area contributed by atoms with Crippen molar-refractivity contribution in [2.75, 3.05) is 6.54 Å². The van der Waals surface area contributed by atoms with Crippen molar-refractivity contribution < 1.29 is 4.74 Å². The first kappa shape index (κ1) is 10.6. The van der Waals surface area contributed by atoms with E-state index in [1.54, 1.807) is 6.33 Å². The largest absolute Gasteiger partial charge is 0.366 e. The highest BCUT2D eigenvalue weighted by Gasteiger charge is 2.29. The van der Waals surface area contributed by atoms with E-state index in [2.05, 4.69) is 15.2 Å². The van der Waals surface area contributed by atoms with Crippen LogP contribution in [0.25, 0.3) is 5.65 Å². The highest BCUT2D eigenvalue weighted by atomic mass is 16.5. The third kappa shape index (κ3) is 1.79. The molecule has 2 aromatic heterocycles. The van der Waals surface area contributed by atoms with Gasteiger partial charge < -0.3 is 10.5 Å². The van der Waals surface area contributed by atoms with Crippen LogP contribution in [0.1, 0.15) is 30.5 Å². The van der Waals surface area contributed by atoms with Gasteiger partial charge in [-0.2, -0.15) is 0 Å². The van der Waals surface area contributed by atoms with Gasteiger partial charge >= 0.3 is 0 Å². The van der Waals surface area contributed by atoms with Crippen molar-refractivity contribution >= 4 is 5.65 Å². The molecule has 90 valence electrons. The summed E-state index contributed by atoms with van der Waals surface area (Å²) in [5.41, 5.74) is 7.35. The SMILES string of the molecule is Cc1cc2nnc(C3CCC(CN)O3)n2cn1. The van der Waals surface area contributed by atoms with E-state index in [4.69, 9.17) is 10.5 Å². The average molecular weight is 233 g/mol. The zero-order valence-corrected chi connectivity index (χ0v) is 9.71. The van der Waals surface area contributed by atoms with Gasteiger partial charge in [-0.1, -0.05) is 0 Å². The maximum Gasteiger partial charge on any atom is 0.167 e. The molecule has 0 radical (unpaired) electrons. The van der Waals surface area contributed by atoms with Crippen LogP contribution in [0, 0.1) is 6.92 Å². The molecule has 0 bridgehead atoms. The lowest BCUT2D eigenvalue weighted by molar-refractivity contribution is 0.0442. The molecule has 0 aromatic carbocycles. The van der Waals surface area contributed by atoms with Gasteiger partial charge in [-0.05, 0) is 19.8 Å². The fraction of sp³-hybridized carbons (Fsp3) is 0.545. The third-order valence-corrected chi connectivity index (χ3v) is 3.12. The summed E-state index contributed by atoms with van der Waals surface area (Å²) in [6, 6.07) is 1.91. The second-order valence-electron chi connectivity index (χ2n) is 4.38. The van der Waals surface area contributed by atoms with Crippen LogP contribution in [-0.2, 0) is 4.74 Å². The molecule has 2 N–H and O–H groups in total. The lowest BCUT2D eigenvalue weighted by Gasteiger charge is -2.10. The topological polar surface area (TPSA) is 78.3 Å². The van der Waals surface area contributed by atoms with Crippen molar-refractivity contribution in [2.24, 2.45) is 5.73 Å². The first-order chi connectivity index (χ1) is 8.28. The molecule has 2 unspecified atom stereocenters. The second kappa shape index (κ2) is 4.05. The van der Waals surface area contributed by atoms with Gasteiger partial charge in [-0.3, -0.25) is 4.40 Å².